The number of carboxylic acids is 2. The molecule has 0 aliphatic heterocycles. The van der Waals surface area contributed by atoms with Gasteiger partial charge in [-0.25, -0.2) is 0 Å². The van der Waals surface area contributed by atoms with E-state index in [4.69, 9.17) is 18.9 Å². The van der Waals surface area contributed by atoms with E-state index in [1.54, 1.807) is 88.0 Å². The fraction of sp³-hybridized carbons (Fsp3) is 0.794. The first kappa shape index (κ1) is 47.2. The molecule has 51 heavy (non-hydrogen) atoms. The molecule has 294 valence electrons. The van der Waals surface area contributed by atoms with Crippen LogP contribution >= 0.6 is 0 Å². The molecule has 0 aromatic carbocycles. The molecule has 0 saturated carbocycles. The van der Waals surface area contributed by atoms with Crippen molar-refractivity contribution in [2.75, 3.05) is 72.0 Å². The van der Waals surface area contributed by atoms with Crippen LogP contribution in [-0.2, 0) is 52.5 Å². The number of carbonyl (C=O) groups excluding carboxylic acids is 5. The summed E-state index contributed by atoms with van der Waals surface area (Å²) in [6.07, 6.45) is 0. The molecule has 0 aliphatic rings. The molecule has 0 radical (unpaired) electrons. The molecule has 0 bridgehead atoms. The quantitative estimate of drug-likeness (QED) is 0.133. The van der Waals surface area contributed by atoms with Crippen molar-refractivity contribution < 1.29 is 62.7 Å². The Balaban J connectivity index is 6.34. The van der Waals surface area contributed by atoms with Crippen LogP contribution in [0.5, 0.6) is 0 Å². The van der Waals surface area contributed by atoms with Crippen LogP contribution in [-0.4, -0.2) is 166 Å². The molecule has 0 spiro atoms. The Morgan fingerprint density at radius 3 is 0.882 bits per heavy atom. The molecule has 0 saturated heterocycles. The van der Waals surface area contributed by atoms with Crippen LogP contribution in [0.2, 0.25) is 0 Å². The zero-order valence-corrected chi connectivity index (χ0v) is 32.5. The maximum atomic E-state index is 13.1. The van der Waals surface area contributed by atoms with Gasteiger partial charge < -0.3 is 34.1 Å². The molecule has 0 rings (SSSR count). The van der Waals surface area contributed by atoms with Crippen LogP contribution in [0.4, 0.5) is 0 Å². The van der Waals surface area contributed by atoms with Crippen LogP contribution in [0.1, 0.15) is 83.1 Å². The third kappa shape index (κ3) is 26.6. The van der Waals surface area contributed by atoms with Crippen molar-refractivity contribution in [1.82, 2.24) is 19.6 Å². The van der Waals surface area contributed by atoms with Gasteiger partial charge in [0.2, 0.25) is 5.91 Å². The lowest BCUT2D eigenvalue weighted by atomic mass is 10.2. The van der Waals surface area contributed by atoms with Crippen molar-refractivity contribution >= 4 is 41.7 Å². The normalized spacial score (nSPS) is 12.5. The highest BCUT2D eigenvalue weighted by Gasteiger charge is 2.28. The third-order valence-electron chi connectivity index (χ3n) is 5.92. The van der Waals surface area contributed by atoms with Gasteiger partial charge in [0.05, 0.1) is 32.7 Å². The average Bonchev–Trinajstić information content (AvgIpc) is 2.84. The van der Waals surface area contributed by atoms with Gasteiger partial charge in [-0.05, 0) is 83.1 Å². The number of hydrogen-bond acceptors (Lipinski definition) is 14. The van der Waals surface area contributed by atoms with Crippen molar-refractivity contribution in [2.45, 2.75) is 105 Å². The average molecular weight is 733 g/mol. The Bertz CT molecular complexity index is 1160. The molecule has 0 fully saturated rings. The Morgan fingerprint density at radius 1 is 0.392 bits per heavy atom. The summed E-state index contributed by atoms with van der Waals surface area (Å²) in [7, 11) is 0. The number of carboxylic acid groups (broad SMARTS) is 2. The van der Waals surface area contributed by atoms with E-state index in [2.05, 4.69) is 0 Å². The topological polar surface area (TPSA) is 210 Å². The second-order valence-electron chi connectivity index (χ2n) is 16.1. The lowest BCUT2D eigenvalue weighted by molar-refractivity contribution is -0.161. The van der Waals surface area contributed by atoms with Crippen molar-refractivity contribution in [3.8, 4) is 0 Å². The molecule has 0 aliphatic carbocycles. The van der Waals surface area contributed by atoms with Gasteiger partial charge in [0, 0.05) is 26.2 Å². The van der Waals surface area contributed by atoms with Gasteiger partial charge >= 0.3 is 35.8 Å². The number of ether oxygens (including phenoxy) is 4. The van der Waals surface area contributed by atoms with Crippen molar-refractivity contribution in [1.29, 1.82) is 0 Å². The smallest absolute Gasteiger partial charge is 0.323 e. The number of nitrogens with zero attached hydrogens (tertiary/aromatic N) is 4. The molecular formula is C34H60N4O13. The summed E-state index contributed by atoms with van der Waals surface area (Å²) in [5.74, 6) is -6.15. The van der Waals surface area contributed by atoms with E-state index in [1.807, 2.05) is 0 Å². The molecule has 0 aromatic rings. The SMILES string of the molecule is CC(C)(C)OC(=O)CN(CCN(CC(=O)OC(C)(C)C)CC(=O)OC(C)(C)C)CCN(CC(=O)OC(C)(C)C)CC(=O)N(CC(=O)O)CC(=O)O. The minimum absolute atomic E-state index is 0.0416. The molecule has 17 heteroatoms. The number of rotatable bonds is 20. The van der Waals surface area contributed by atoms with Crippen molar-refractivity contribution in [2.24, 2.45) is 0 Å². The zero-order valence-electron chi connectivity index (χ0n) is 32.5. The van der Waals surface area contributed by atoms with Crippen LogP contribution in [0.15, 0.2) is 0 Å². The first-order valence-electron chi connectivity index (χ1n) is 16.7. The number of amides is 1. The molecule has 0 unspecified atom stereocenters. The van der Waals surface area contributed by atoms with Crippen LogP contribution in [0.3, 0.4) is 0 Å². The highest BCUT2D eigenvalue weighted by atomic mass is 16.6. The molecule has 0 atom stereocenters. The van der Waals surface area contributed by atoms with Crippen LogP contribution in [0, 0.1) is 0 Å². The number of hydrogen-bond donors (Lipinski definition) is 2. The minimum Gasteiger partial charge on any atom is -0.480 e. The fourth-order valence-corrected chi connectivity index (χ4v) is 4.34. The van der Waals surface area contributed by atoms with E-state index in [-0.39, 0.29) is 45.8 Å². The maximum Gasteiger partial charge on any atom is 0.323 e. The van der Waals surface area contributed by atoms with Gasteiger partial charge in [-0.15, -0.1) is 0 Å². The molecular weight excluding hydrogens is 672 g/mol. The van der Waals surface area contributed by atoms with Gasteiger partial charge in [-0.1, -0.05) is 0 Å². The summed E-state index contributed by atoms with van der Waals surface area (Å²) in [6.45, 7) is 17.0. The summed E-state index contributed by atoms with van der Waals surface area (Å²) in [4.78, 5) is 92.2. The number of aliphatic carboxylic acids is 2. The van der Waals surface area contributed by atoms with Crippen LogP contribution in [0.25, 0.3) is 0 Å². The monoisotopic (exact) mass is 732 g/mol. The zero-order chi connectivity index (χ0) is 40.0. The third-order valence-corrected chi connectivity index (χ3v) is 5.92. The molecule has 2 N–H and O–H groups in total. The molecule has 0 heterocycles. The molecule has 0 aromatic heterocycles. The Kier molecular flexibility index (Phi) is 18.7. The largest absolute Gasteiger partial charge is 0.480 e. The molecule has 1 amide bonds. The second-order valence-corrected chi connectivity index (χ2v) is 16.1. The van der Waals surface area contributed by atoms with Gasteiger partial charge in [0.15, 0.2) is 0 Å². The predicted octanol–water partition coefficient (Wildman–Crippen LogP) is 1.26. The number of esters is 4. The highest BCUT2D eigenvalue weighted by molar-refractivity contribution is 5.86. The van der Waals surface area contributed by atoms with Crippen LogP contribution < -0.4 is 0 Å². The lowest BCUT2D eigenvalue weighted by Crippen LogP contribution is -2.49. The van der Waals surface area contributed by atoms with E-state index in [9.17, 15) is 43.8 Å². The minimum atomic E-state index is -1.42. The van der Waals surface area contributed by atoms with E-state index >= 15 is 0 Å². The summed E-state index contributed by atoms with van der Waals surface area (Å²) < 4.78 is 21.8. The van der Waals surface area contributed by atoms with Gasteiger partial charge in [-0.3, -0.25) is 48.3 Å². The maximum absolute atomic E-state index is 13.1. The first-order valence-corrected chi connectivity index (χ1v) is 16.7. The van der Waals surface area contributed by atoms with E-state index in [0.717, 1.165) is 0 Å². The Morgan fingerprint density at radius 2 is 0.627 bits per heavy atom. The summed E-state index contributed by atoms with van der Waals surface area (Å²) >= 11 is 0. The molecule has 17 nitrogen and oxygen atoms in total. The van der Waals surface area contributed by atoms with E-state index in [0.29, 0.717) is 4.90 Å². The Hall–Kier alpha value is -3.83. The highest BCUT2D eigenvalue weighted by Crippen LogP contribution is 2.12. The second kappa shape index (κ2) is 20.3. The number of carbonyl (C=O) groups is 7. The Labute approximate surface area is 301 Å². The standard InChI is InChI=1S/C34H60N4O13/c1-31(2,3)48-27(44)20-35(14-16-37(22-29(46)50-33(7,8)9)23-30(47)51-34(10,11)12)13-15-36(21-28(45)49-32(4,5)6)17-24(39)38(18-25(40)41)19-26(42)43/h13-23H2,1-12H3,(H,40,41)(H,42,43). The summed E-state index contributed by atoms with van der Waals surface area (Å²) in [5, 5.41) is 18.5. The van der Waals surface area contributed by atoms with E-state index < -0.39 is 90.3 Å². The van der Waals surface area contributed by atoms with Gasteiger partial charge in [0.1, 0.15) is 35.5 Å². The van der Waals surface area contributed by atoms with Gasteiger partial charge in [-0.2, -0.15) is 0 Å². The van der Waals surface area contributed by atoms with Crippen molar-refractivity contribution in [3.63, 3.8) is 0 Å². The van der Waals surface area contributed by atoms with Gasteiger partial charge in [0.25, 0.3) is 0 Å². The first-order chi connectivity index (χ1) is 22.9. The fourth-order valence-electron chi connectivity index (χ4n) is 4.34. The predicted molar refractivity (Wildman–Crippen MR) is 185 cm³/mol. The van der Waals surface area contributed by atoms with Crippen molar-refractivity contribution in [3.05, 3.63) is 0 Å². The summed E-state index contributed by atoms with van der Waals surface area (Å²) in [6, 6.07) is 0. The van der Waals surface area contributed by atoms with E-state index in [1.165, 1.54) is 9.80 Å². The summed E-state index contributed by atoms with van der Waals surface area (Å²) in [5.41, 5.74) is -3.23. The lowest BCUT2D eigenvalue weighted by Gasteiger charge is -2.31.